The van der Waals surface area contributed by atoms with Crippen molar-refractivity contribution in [1.29, 1.82) is 0 Å². The second-order valence-corrected chi connectivity index (χ2v) is 6.95. The van der Waals surface area contributed by atoms with Crippen molar-refractivity contribution in [2.24, 2.45) is 0 Å². The summed E-state index contributed by atoms with van der Waals surface area (Å²) in [4.78, 5) is 23.9. The lowest BCUT2D eigenvalue weighted by Crippen LogP contribution is -2.36. The molecule has 0 radical (unpaired) electrons. The van der Waals surface area contributed by atoms with E-state index in [1.165, 1.54) is 0 Å². The highest BCUT2D eigenvalue weighted by molar-refractivity contribution is 6.40. The van der Waals surface area contributed by atoms with Gasteiger partial charge in [0.05, 0.1) is 5.56 Å². The van der Waals surface area contributed by atoms with Gasteiger partial charge in [-0.1, -0.05) is 60.7 Å². The number of rotatable bonds is 3. The number of hydrogen-bond donors (Lipinski definition) is 0. The fourth-order valence-electron chi connectivity index (χ4n) is 3.30. The van der Waals surface area contributed by atoms with Crippen LogP contribution in [0.5, 0.6) is 0 Å². The molecule has 0 spiro atoms. The lowest BCUT2D eigenvalue weighted by molar-refractivity contribution is 0.0458. The molecule has 3 aromatic rings. The molecule has 0 bridgehead atoms. The Hall–Kier alpha value is -2.65. The molecule has 0 heterocycles. The number of Topliss-reactive ketones (excluding diaryl/α,β-unsaturated/α-hetero) is 1. The summed E-state index contributed by atoms with van der Waals surface area (Å²) in [6.07, 6.45) is 0.367. The summed E-state index contributed by atoms with van der Waals surface area (Å²) in [6, 6.07) is 20.4. The molecule has 1 atom stereocenters. The summed E-state index contributed by atoms with van der Waals surface area (Å²) in [5.74, 6) is -0.656. The van der Waals surface area contributed by atoms with Gasteiger partial charge >= 0.3 is 5.97 Å². The number of hydrogen-bond acceptors (Lipinski definition) is 3. The number of esters is 1. The second-order valence-electron chi connectivity index (χ2n) is 6.23. The van der Waals surface area contributed by atoms with E-state index in [-0.39, 0.29) is 12.4 Å². The van der Waals surface area contributed by atoms with Gasteiger partial charge in [-0.3, -0.25) is 4.79 Å². The van der Waals surface area contributed by atoms with Crippen molar-refractivity contribution in [2.75, 3.05) is 6.61 Å². The Morgan fingerprint density at radius 1 is 1.00 bits per heavy atom. The molecular formula is C21H15ClO3. The summed E-state index contributed by atoms with van der Waals surface area (Å²) in [5, 5.41) is 1.78. The molecule has 0 N–H and O–H groups in total. The molecule has 0 amide bonds. The number of alkyl halides is 1. The molecule has 0 unspecified atom stereocenters. The molecule has 0 aromatic heterocycles. The van der Waals surface area contributed by atoms with Gasteiger partial charge in [-0.15, -0.1) is 11.6 Å². The zero-order valence-electron chi connectivity index (χ0n) is 13.4. The molecule has 3 aromatic carbocycles. The van der Waals surface area contributed by atoms with Gasteiger partial charge in [0.15, 0.2) is 5.78 Å². The van der Waals surface area contributed by atoms with E-state index in [0.717, 1.165) is 16.3 Å². The molecule has 1 aliphatic rings. The highest BCUT2D eigenvalue weighted by Gasteiger charge is 2.45. The molecule has 25 heavy (non-hydrogen) atoms. The van der Waals surface area contributed by atoms with Crippen LogP contribution in [-0.2, 0) is 11.2 Å². The van der Waals surface area contributed by atoms with Crippen molar-refractivity contribution in [3.63, 3.8) is 0 Å². The minimum atomic E-state index is -1.22. The van der Waals surface area contributed by atoms with Gasteiger partial charge in [0.25, 0.3) is 0 Å². The Labute approximate surface area is 150 Å². The first-order chi connectivity index (χ1) is 12.1. The second kappa shape index (κ2) is 6.01. The average Bonchev–Trinajstić information content (AvgIpc) is 2.90. The van der Waals surface area contributed by atoms with E-state index >= 15 is 0 Å². The molecule has 0 fully saturated rings. The maximum absolute atomic E-state index is 12.6. The molecule has 124 valence electrons. The van der Waals surface area contributed by atoms with Crippen molar-refractivity contribution in [1.82, 2.24) is 0 Å². The maximum atomic E-state index is 12.6. The highest BCUT2D eigenvalue weighted by Crippen LogP contribution is 2.35. The van der Waals surface area contributed by atoms with Crippen molar-refractivity contribution in [3.05, 3.63) is 83.4 Å². The standard InChI is InChI=1S/C21H15ClO3/c22-21(12-15-7-2-4-10-17(15)19(21)23)13-25-20(24)18-11-5-8-14-6-1-3-9-16(14)18/h1-11H,12-13H2/t21-/m0/s1. The summed E-state index contributed by atoms with van der Waals surface area (Å²) in [6.45, 7) is -0.149. The molecular weight excluding hydrogens is 336 g/mol. The number of carbonyl (C=O) groups is 2. The lowest BCUT2D eigenvalue weighted by Gasteiger charge is -2.19. The van der Waals surface area contributed by atoms with Crippen LogP contribution >= 0.6 is 11.6 Å². The Balaban J connectivity index is 1.56. The molecule has 4 heteroatoms. The number of benzene rings is 3. The van der Waals surface area contributed by atoms with Gasteiger partial charge in [0, 0.05) is 12.0 Å². The topological polar surface area (TPSA) is 43.4 Å². The maximum Gasteiger partial charge on any atom is 0.338 e. The first-order valence-electron chi connectivity index (χ1n) is 8.05. The lowest BCUT2D eigenvalue weighted by atomic mass is 10.0. The van der Waals surface area contributed by atoms with Gasteiger partial charge in [0.1, 0.15) is 11.5 Å². The van der Waals surface area contributed by atoms with Crippen LogP contribution in [0.15, 0.2) is 66.7 Å². The van der Waals surface area contributed by atoms with E-state index in [0.29, 0.717) is 17.5 Å². The molecule has 0 saturated carbocycles. The summed E-state index contributed by atoms with van der Waals surface area (Å²) >= 11 is 6.51. The van der Waals surface area contributed by atoms with Crippen molar-refractivity contribution < 1.29 is 14.3 Å². The predicted molar refractivity (Wildman–Crippen MR) is 97.3 cm³/mol. The van der Waals surface area contributed by atoms with E-state index in [9.17, 15) is 9.59 Å². The molecule has 3 nitrogen and oxygen atoms in total. The quantitative estimate of drug-likeness (QED) is 0.519. The number of carbonyl (C=O) groups excluding carboxylic acids is 2. The highest BCUT2D eigenvalue weighted by atomic mass is 35.5. The number of ketones is 1. The van der Waals surface area contributed by atoms with Crippen LogP contribution in [0.4, 0.5) is 0 Å². The van der Waals surface area contributed by atoms with Crippen molar-refractivity contribution in [3.8, 4) is 0 Å². The van der Waals surface area contributed by atoms with Gasteiger partial charge in [0.2, 0.25) is 0 Å². The normalized spacial score (nSPS) is 19.0. The predicted octanol–water partition coefficient (Wildman–Crippen LogP) is 4.41. The summed E-state index contributed by atoms with van der Waals surface area (Å²) in [5.41, 5.74) is 1.98. The largest absolute Gasteiger partial charge is 0.460 e. The fourth-order valence-corrected chi connectivity index (χ4v) is 3.60. The van der Waals surface area contributed by atoms with Crippen LogP contribution in [0.2, 0.25) is 0 Å². The van der Waals surface area contributed by atoms with Gasteiger partial charge < -0.3 is 4.74 Å². The van der Waals surface area contributed by atoms with Crippen molar-refractivity contribution >= 4 is 34.1 Å². The average molecular weight is 351 g/mol. The smallest absolute Gasteiger partial charge is 0.338 e. The Kier molecular flexibility index (Phi) is 3.81. The zero-order valence-corrected chi connectivity index (χ0v) is 14.1. The third-order valence-electron chi connectivity index (χ3n) is 4.58. The summed E-state index contributed by atoms with van der Waals surface area (Å²) < 4.78 is 5.43. The Morgan fingerprint density at radius 2 is 1.72 bits per heavy atom. The van der Waals surface area contributed by atoms with E-state index in [1.807, 2.05) is 54.6 Å². The van der Waals surface area contributed by atoms with Crippen LogP contribution in [0, 0.1) is 0 Å². The van der Waals surface area contributed by atoms with E-state index in [2.05, 4.69) is 0 Å². The minimum absolute atomic E-state index is 0.149. The number of halogens is 1. The Bertz CT molecular complexity index is 990. The van der Waals surface area contributed by atoms with Crippen LogP contribution in [0.25, 0.3) is 10.8 Å². The van der Waals surface area contributed by atoms with Gasteiger partial charge in [-0.2, -0.15) is 0 Å². The molecule has 1 aliphatic carbocycles. The molecule has 0 aliphatic heterocycles. The summed E-state index contributed by atoms with van der Waals surface area (Å²) in [7, 11) is 0. The van der Waals surface area contributed by atoms with Gasteiger partial charge in [-0.25, -0.2) is 4.79 Å². The van der Waals surface area contributed by atoms with Gasteiger partial charge in [-0.05, 0) is 22.4 Å². The van der Waals surface area contributed by atoms with E-state index in [1.54, 1.807) is 12.1 Å². The first kappa shape index (κ1) is 15.9. The van der Waals surface area contributed by atoms with E-state index in [4.69, 9.17) is 16.3 Å². The third kappa shape index (κ3) is 2.71. The molecule has 4 rings (SSSR count). The van der Waals surface area contributed by atoms with Crippen LogP contribution < -0.4 is 0 Å². The zero-order chi connectivity index (χ0) is 17.4. The third-order valence-corrected chi connectivity index (χ3v) is 5.00. The SMILES string of the molecule is O=C(OC[C@@]1(Cl)Cc2ccccc2C1=O)c1cccc2ccccc12. The van der Waals surface area contributed by atoms with Crippen LogP contribution in [0.1, 0.15) is 26.3 Å². The number of fused-ring (bicyclic) bond motifs is 2. The van der Waals surface area contributed by atoms with Crippen LogP contribution in [-0.4, -0.2) is 23.2 Å². The van der Waals surface area contributed by atoms with Crippen molar-refractivity contribution in [2.45, 2.75) is 11.3 Å². The van der Waals surface area contributed by atoms with E-state index < -0.39 is 10.8 Å². The minimum Gasteiger partial charge on any atom is -0.460 e. The molecule has 0 saturated heterocycles. The monoisotopic (exact) mass is 350 g/mol. The number of ether oxygens (including phenoxy) is 1. The fraction of sp³-hybridized carbons (Fsp3) is 0.143. The first-order valence-corrected chi connectivity index (χ1v) is 8.43. The Morgan fingerprint density at radius 3 is 2.56 bits per heavy atom. The van der Waals surface area contributed by atoms with Crippen LogP contribution in [0.3, 0.4) is 0 Å².